The predicted octanol–water partition coefficient (Wildman–Crippen LogP) is 2.96. The number of rotatable bonds is 5. The number of aromatic nitrogens is 1. The number of nitrogens with zero attached hydrogens (tertiary/aromatic N) is 1. The van der Waals surface area contributed by atoms with Crippen molar-refractivity contribution < 1.29 is 19.2 Å². The van der Waals surface area contributed by atoms with Crippen LogP contribution in [0.2, 0.25) is 0 Å². The first-order chi connectivity index (χ1) is 9.99. The largest absolute Gasteiger partial charge is 0.494 e. The third-order valence-electron chi connectivity index (χ3n) is 3.11. The zero-order valence-corrected chi connectivity index (χ0v) is 12.1. The summed E-state index contributed by atoms with van der Waals surface area (Å²) in [6, 6.07) is 3.02. The average Bonchev–Trinajstić information content (AvgIpc) is 2.76. The van der Waals surface area contributed by atoms with E-state index in [-0.39, 0.29) is 18.0 Å². The summed E-state index contributed by atoms with van der Waals surface area (Å²) in [4.78, 5) is 25.4. The lowest BCUT2D eigenvalue weighted by Gasteiger charge is -2.03. The summed E-state index contributed by atoms with van der Waals surface area (Å²) in [6.45, 7) is 5.84. The number of aromatic amines is 1. The van der Waals surface area contributed by atoms with Gasteiger partial charge in [0.05, 0.1) is 24.2 Å². The summed E-state index contributed by atoms with van der Waals surface area (Å²) in [6.07, 6.45) is 0. The standard InChI is InChI=1S/C14H16N2O5/c1-4-20-9-6-10-8(3)12(14(17)21-5-2)15-13(10)11(7-9)16(18)19/h6-7,15H,4-5H2,1-3H3. The number of carbonyl (C=O) groups excluding carboxylic acids is 1. The fraction of sp³-hybridized carbons (Fsp3) is 0.357. The van der Waals surface area contributed by atoms with E-state index in [0.29, 0.717) is 28.8 Å². The van der Waals surface area contributed by atoms with E-state index in [1.165, 1.54) is 6.07 Å². The van der Waals surface area contributed by atoms with Crippen LogP contribution in [0, 0.1) is 17.0 Å². The van der Waals surface area contributed by atoms with Crippen LogP contribution < -0.4 is 4.74 Å². The first kappa shape index (κ1) is 14.8. The zero-order chi connectivity index (χ0) is 15.6. The summed E-state index contributed by atoms with van der Waals surface area (Å²) in [5, 5.41) is 11.8. The summed E-state index contributed by atoms with van der Waals surface area (Å²) in [7, 11) is 0. The maximum atomic E-state index is 11.9. The molecule has 0 aliphatic rings. The molecule has 7 nitrogen and oxygen atoms in total. The van der Waals surface area contributed by atoms with Crippen molar-refractivity contribution in [2.45, 2.75) is 20.8 Å². The fourth-order valence-corrected chi connectivity index (χ4v) is 2.18. The number of ether oxygens (including phenoxy) is 2. The molecule has 112 valence electrons. The topological polar surface area (TPSA) is 94.5 Å². The smallest absolute Gasteiger partial charge is 0.355 e. The molecule has 0 aliphatic carbocycles. The SMILES string of the molecule is CCOC(=O)c1[nH]c2c([N+](=O)[O-])cc(OCC)cc2c1C. The Morgan fingerprint density at radius 1 is 1.33 bits per heavy atom. The van der Waals surface area contributed by atoms with Gasteiger partial charge in [-0.1, -0.05) is 0 Å². The van der Waals surface area contributed by atoms with Gasteiger partial charge in [-0.3, -0.25) is 10.1 Å². The fourth-order valence-electron chi connectivity index (χ4n) is 2.18. The van der Waals surface area contributed by atoms with Crippen LogP contribution in [0.25, 0.3) is 10.9 Å². The monoisotopic (exact) mass is 292 g/mol. The first-order valence-corrected chi connectivity index (χ1v) is 6.60. The van der Waals surface area contributed by atoms with Crippen LogP contribution in [0.5, 0.6) is 5.75 Å². The number of esters is 1. The highest BCUT2D eigenvalue weighted by Crippen LogP contribution is 2.34. The lowest BCUT2D eigenvalue weighted by atomic mass is 10.1. The second kappa shape index (κ2) is 5.82. The molecule has 0 atom stereocenters. The molecular weight excluding hydrogens is 276 g/mol. The number of hydrogen-bond acceptors (Lipinski definition) is 5. The van der Waals surface area contributed by atoms with E-state index in [2.05, 4.69) is 4.98 Å². The zero-order valence-electron chi connectivity index (χ0n) is 12.1. The number of nitro groups is 1. The van der Waals surface area contributed by atoms with Crippen LogP contribution in [0.3, 0.4) is 0 Å². The molecule has 1 aromatic carbocycles. The number of non-ortho nitro benzene ring substituents is 1. The molecule has 0 bridgehead atoms. The number of hydrogen-bond donors (Lipinski definition) is 1. The molecule has 1 heterocycles. The Hall–Kier alpha value is -2.57. The Bertz CT molecular complexity index is 705. The Morgan fingerprint density at radius 3 is 2.62 bits per heavy atom. The number of carbonyl (C=O) groups is 1. The summed E-state index contributed by atoms with van der Waals surface area (Å²) in [5.74, 6) is -0.132. The van der Waals surface area contributed by atoms with Gasteiger partial charge in [0.1, 0.15) is 17.0 Å². The lowest BCUT2D eigenvalue weighted by molar-refractivity contribution is -0.383. The minimum atomic E-state index is -0.529. The Kier molecular flexibility index (Phi) is 4.11. The quantitative estimate of drug-likeness (QED) is 0.519. The molecule has 0 spiro atoms. The second-order valence-electron chi connectivity index (χ2n) is 4.40. The molecule has 0 aliphatic heterocycles. The van der Waals surface area contributed by atoms with Crippen molar-refractivity contribution in [1.82, 2.24) is 4.98 Å². The highest BCUT2D eigenvalue weighted by Gasteiger charge is 2.23. The number of benzene rings is 1. The van der Waals surface area contributed by atoms with Crippen LogP contribution in [-0.2, 0) is 4.74 Å². The van der Waals surface area contributed by atoms with Crippen molar-refractivity contribution in [3.8, 4) is 5.75 Å². The molecule has 2 aromatic rings. The Labute approximate surface area is 121 Å². The first-order valence-electron chi connectivity index (χ1n) is 6.60. The molecule has 0 amide bonds. The molecular formula is C14H16N2O5. The second-order valence-corrected chi connectivity index (χ2v) is 4.40. The van der Waals surface area contributed by atoms with Crippen molar-refractivity contribution in [1.29, 1.82) is 0 Å². The van der Waals surface area contributed by atoms with Crippen LogP contribution in [-0.4, -0.2) is 29.1 Å². The minimum Gasteiger partial charge on any atom is -0.494 e. The summed E-state index contributed by atoms with van der Waals surface area (Å²) >= 11 is 0. The maximum absolute atomic E-state index is 11.9. The molecule has 0 unspecified atom stereocenters. The van der Waals surface area contributed by atoms with E-state index in [9.17, 15) is 14.9 Å². The van der Waals surface area contributed by atoms with Gasteiger partial charge in [0.2, 0.25) is 0 Å². The highest BCUT2D eigenvalue weighted by atomic mass is 16.6. The third kappa shape index (κ3) is 2.67. The van der Waals surface area contributed by atoms with Crippen LogP contribution in [0.1, 0.15) is 29.9 Å². The van der Waals surface area contributed by atoms with Gasteiger partial charge >= 0.3 is 5.97 Å². The number of nitrogens with one attached hydrogen (secondary N) is 1. The maximum Gasteiger partial charge on any atom is 0.355 e. The number of fused-ring (bicyclic) bond motifs is 1. The van der Waals surface area contributed by atoms with Crippen molar-refractivity contribution in [3.63, 3.8) is 0 Å². The number of aryl methyl sites for hydroxylation is 1. The molecule has 0 saturated carbocycles. The van der Waals surface area contributed by atoms with Crippen LogP contribution in [0.15, 0.2) is 12.1 Å². The minimum absolute atomic E-state index is 0.130. The van der Waals surface area contributed by atoms with Crippen molar-refractivity contribution in [2.75, 3.05) is 13.2 Å². The van der Waals surface area contributed by atoms with Gasteiger partial charge in [-0.15, -0.1) is 0 Å². The van der Waals surface area contributed by atoms with Crippen LogP contribution in [0.4, 0.5) is 5.69 Å². The molecule has 1 N–H and O–H groups in total. The average molecular weight is 292 g/mol. The van der Waals surface area contributed by atoms with Gasteiger partial charge in [0.15, 0.2) is 0 Å². The van der Waals surface area contributed by atoms with Gasteiger partial charge in [-0.25, -0.2) is 4.79 Å². The Morgan fingerprint density at radius 2 is 2.05 bits per heavy atom. The van der Waals surface area contributed by atoms with E-state index in [1.807, 2.05) is 0 Å². The van der Waals surface area contributed by atoms with E-state index >= 15 is 0 Å². The van der Waals surface area contributed by atoms with Gasteiger partial charge < -0.3 is 14.5 Å². The number of H-pyrrole nitrogens is 1. The lowest BCUT2D eigenvalue weighted by Crippen LogP contribution is -2.06. The Balaban J connectivity index is 2.68. The van der Waals surface area contributed by atoms with E-state index in [0.717, 1.165) is 0 Å². The normalized spacial score (nSPS) is 10.6. The van der Waals surface area contributed by atoms with Crippen molar-refractivity contribution >= 4 is 22.6 Å². The molecule has 0 fully saturated rings. The molecule has 2 rings (SSSR count). The van der Waals surface area contributed by atoms with Crippen LogP contribution >= 0.6 is 0 Å². The van der Waals surface area contributed by atoms with Crippen molar-refractivity contribution in [2.24, 2.45) is 0 Å². The van der Waals surface area contributed by atoms with E-state index < -0.39 is 10.9 Å². The van der Waals surface area contributed by atoms with Crippen molar-refractivity contribution in [3.05, 3.63) is 33.5 Å². The third-order valence-corrected chi connectivity index (χ3v) is 3.11. The molecule has 21 heavy (non-hydrogen) atoms. The molecule has 0 radical (unpaired) electrons. The summed E-state index contributed by atoms with van der Waals surface area (Å²) in [5.41, 5.74) is 0.996. The predicted molar refractivity (Wildman–Crippen MR) is 76.8 cm³/mol. The van der Waals surface area contributed by atoms with Gasteiger partial charge in [0, 0.05) is 5.39 Å². The highest BCUT2D eigenvalue weighted by molar-refractivity contribution is 6.01. The summed E-state index contributed by atoms with van der Waals surface area (Å²) < 4.78 is 10.3. The van der Waals surface area contributed by atoms with Gasteiger partial charge in [-0.2, -0.15) is 0 Å². The number of nitro benzene ring substituents is 1. The van der Waals surface area contributed by atoms with Gasteiger partial charge in [0.25, 0.3) is 5.69 Å². The molecule has 7 heteroatoms. The molecule has 1 aromatic heterocycles. The molecule has 0 saturated heterocycles. The van der Waals surface area contributed by atoms with Gasteiger partial charge in [-0.05, 0) is 32.4 Å². The van der Waals surface area contributed by atoms with E-state index in [1.54, 1.807) is 26.8 Å². The van der Waals surface area contributed by atoms with E-state index in [4.69, 9.17) is 9.47 Å².